The molecule has 1 heterocycles. The van der Waals surface area contributed by atoms with Gasteiger partial charge in [-0.25, -0.2) is 0 Å². The maximum Gasteiger partial charge on any atom is 0.494 e. The van der Waals surface area contributed by atoms with Gasteiger partial charge in [-0.05, 0) is 57.1 Å². The zero-order valence-electron chi connectivity index (χ0n) is 13.1. The highest BCUT2D eigenvalue weighted by Crippen LogP contribution is 2.37. The van der Waals surface area contributed by atoms with Crippen LogP contribution in [0, 0.1) is 0 Å². The first kappa shape index (κ1) is 14.6. The zero-order chi connectivity index (χ0) is 15.4. The van der Waals surface area contributed by atoms with E-state index in [-0.39, 0.29) is 30.1 Å². The Labute approximate surface area is 126 Å². The van der Waals surface area contributed by atoms with E-state index in [1.54, 1.807) is 0 Å². The summed E-state index contributed by atoms with van der Waals surface area (Å²) in [6.45, 7) is 8.18. The summed E-state index contributed by atoms with van der Waals surface area (Å²) >= 11 is 0. The fourth-order valence-corrected chi connectivity index (χ4v) is 3.06. The van der Waals surface area contributed by atoms with E-state index in [0.717, 1.165) is 23.9 Å². The van der Waals surface area contributed by atoms with Crippen LogP contribution in [0.2, 0.25) is 0 Å². The second-order valence-corrected chi connectivity index (χ2v) is 7.04. The summed E-state index contributed by atoms with van der Waals surface area (Å²) in [5.74, 6) is -0.385. The maximum absolute atomic E-state index is 11.4. The Kier molecular flexibility index (Phi) is 3.19. The lowest BCUT2D eigenvalue weighted by Crippen LogP contribution is -2.41. The van der Waals surface area contributed by atoms with E-state index in [1.807, 2.05) is 39.8 Å². The Morgan fingerprint density at radius 1 is 1.24 bits per heavy atom. The van der Waals surface area contributed by atoms with E-state index < -0.39 is 0 Å². The Bertz CT molecular complexity index is 581. The first-order valence-electron chi connectivity index (χ1n) is 7.49. The van der Waals surface area contributed by atoms with Crippen LogP contribution in [-0.4, -0.2) is 24.2 Å². The molecular weight excluding hydrogens is 265 g/mol. The minimum atomic E-state index is -0.354. The van der Waals surface area contributed by atoms with Gasteiger partial charge in [-0.2, -0.15) is 0 Å². The Hall–Kier alpha value is -1.33. The number of rotatable bonds is 2. The molecule has 1 amide bonds. The maximum atomic E-state index is 11.4. The van der Waals surface area contributed by atoms with Gasteiger partial charge in [0, 0.05) is 0 Å². The van der Waals surface area contributed by atoms with Crippen LogP contribution < -0.4 is 11.2 Å². The molecule has 0 spiro atoms. The molecule has 3 rings (SSSR count). The molecule has 1 aromatic rings. The fourth-order valence-electron chi connectivity index (χ4n) is 3.06. The summed E-state index contributed by atoms with van der Waals surface area (Å²) in [4.78, 5) is 11.4. The van der Waals surface area contributed by atoms with Crippen molar-refractivity contribution in [3.8, 4) is 0 Å². The first-order valence-corrected chi connectivity index (χ1v) is 7.49. The highest BCUT2D eigenvalue weighted by molar-refractivity contribution is 6.62. The summed E-state index contributed by atoms with van der Waals surface area (Å²) in [5, 5.41) is 0. The van der Waals surface area contributed by atoms with Crippen LogP contribution >= 0.6 is 0 Å². The highest BCUT2D eigenvalue weighted by Gasteiger charge is 2.51. The van der Waals surface area contributed by atoms with Crippen LogP contribution in [0.15, 0.2) is 18.2 Å². The molecule has 5 heteroatoms. The predicted molar refractivity (Wildman–Crippen MR) is 82.4 cm³/mol. The third-order valence-electron chi connectivity index (χ3n) is 5.11. The summed E-state index contributed by atoms with van der Waals surface area (Å²) in [7, 11) is -0.354. The van der Waals surface area contributed by atoms with Crippen LogP contribution in [0.25, 0.3) is 0 Å². The molecule has 1 aliphatic carbocycles. The van der Waals surface area contributed by atoms with Crippen molar-refractivity contribution < 1.29 is 14.1 Å². The number of fused-ring (bicyclic) bond motifs is 1. The molecular formula is C16H22BNO3. The van der Waals surface area contributed by atoms with Gasteiger partial charge in [0.1, 0.15) is 0 Å². The average molecular weight is 287 g/mol. The van der Waals surface area contributed by atoms with Crippen LogP contribution in [0.1, 0.15) is 51.2 Å². The number of carbonyl (C=O) groups excluding carboxylic acids is 1. The lowest BCUT2D eigenvalue weighted by molar-refractivity contribution is -0.119. The van der Waals surface area contributed by atoms with Gasteiger partial charge in [-0.3, -0.25) is 4.79 Å². The topological polar surface area (TPSA) is 61.5 Å². The number of primary amides is 1. The number of hydrogen-bond acceptors (Lipinski definition) is 3. The molecule has 0 radical (unpaired) electrons. The summed E-state index contributed by atoms with van der Waals surface area (Å²) in [5.41, 5.74) is 8.03. The lowest BCUT2D eigenvalue weighted by atomic mass is 9.77. The molecule has 2 N–H and O–H groups in total. The van der Waals surface area contributed by atoms with Crippen molar-refractivity contribution in [3.05, 3.63) is 29.3 Å². The van der Waals surface area contributed by atoms with Gasteiger partial charge in [0.15, 0.2) is 0 Å². The molecule has 21 heavy (non-hydrogen) atoms. The molecule has 0 aromatic heterocycles. The molecule has 0 saturated carbocycles. The third-order valence-corrected chi connectivity index (χ3v) is 5.11. The first-order chi connectivity index (χ1) is 9.71. The van der Waals surface area contributed by atoms with Crippen molar-refractivity contribution in [1.29, 1.82) is 0 Å². The van der Waals surface area contributed by atoms with Gasteiger partial charge >= 0.3 is 7.12 Å². The SMILES string of the molecule is CC1(C)OB(c2ccc3c(c2)CCC3C(N)=O)OC1(C)C. The summed E-state index contributed by atoms with van der Waals surface area (Å²) < 4.78 is 12.1. The Morgan fingerprint density at radius 3 is 2.43 bits per heavy atom. The summed E-state index contributed by atoms with van der Waals surface area (Å²) in [6, 6.07) is 6.08. The molecule has 1 aliphatic heterocycles. The van der Waals surface area contributed by atoms with Crippen LogP contribution in [-0.2, 0) is 20.5 Å². The number of nitrogens with two attached hydrogens (primary N) is 1. The molecule has 112 valence electrons. The zero-order valence-corrected chi connectivity index (χ0v) is 13.1. The number of aryl methyl sites for hydroxylation is 1. The smallest absolute Gasteiger partial charge is 0.399 e. The van der Waals surface area contributed by atoms with E-state index in [1.165, 1.54) is 5.56 Å². The van der Waals surface area contributed by atoms with Crippen LogP contribution in [0.5, 0.6) is 0 Å². The molecule has 1 fully saturated rings. The minimum absolute atomic E-state index is 0.146. The van der Waals surface area contributed by atoms with Gasteiger partial charge in [0.25, 0.3) is 0 Å². The van der Waals surface area contributed by atoms with Crippen molar-refractivity contribution in [2.75, 3.05) is 0 Å². The Morgan fingerprint density at radius 2 is 1.86 bits per heavy atom. The molecule has 1 saturated heterocycles. The van der Waals surface area contributed by atoms with Gasteiger partial charge in [-0.15, -0.1) is 0 Å². The monoisotopic (exact) mass is 287 g/mol. The molecule has 1 aromatic carbocycles. The van der Waals surface area contributed by atoms with E-state index in [9.17, 15) is 4.79 Å². The van der Waals surface area contributed by atoms with Crippen molar-refractivity contribution in [2.24, 2.45) is 5.73 Å². The van der Waals surface area contributed by atoms with E-state index in [2.05, 4.69) is 6.07 Å². The largest absolute Gasteiger partial charge is 0.494 e. The van der Waals surface area contributed by atoms with E-state index >= 15 is 0 Å². The second kappa shape index (κ2) is 4.58. The second-order valence-electron chi connectivity index (χ2n) is 7.04. The van der Waals surface area contributed by atoms with Gasteiger partial charge in [0.2, 0.25) is 5.91 Å². The number of amides is 1. The van der Waals surface area contributed by atoms with E-state index in [4.69, 9.17) is 15.0 Å². The lowest BCUT2D eigenvalue weighted by Gasteiger charge is -2.32. The Balaban J connectivity index is 1.88. The average Bonchev–Trinajstić information content (AvgIpc) is 2.87. The fraction of sp³-hybridized carbons (Fsp3) is 0.562. The van der Waals surface area contributed by atoms with Gasteiger partial charge in [-0.1, -0.05) is 18.2 Å². The van der Waals surface area contributed by atoms with Gasteiger partial charge in [0.05, 0.1) is 17.1 Å². The van der Waals surface area contributed by atoms with Crippen LogP contribution in [0.3, 0.4) is 0 Å². The normalized spacial score (nSPS) is 25.9. The molecule has 1 atom stereocenters. The minimum Gasteiger partial charge on any atom is -0.399 e. The van der Waals surface area contributed by atoms with Crippen molar-refractivity contribution in [2.45, 2.75) is 57.7 Å². The highest BCUT2D eigenvalue weighted by atomic mass is 16.7. The number of carbonyl (C=O) groups is 1. The standard InChI is InChI=1S/C16H22BNO3/c1-15(2)16(3,4)21-17(20-15)11-6-8-12-10(9-11)5-7-13(12)14(18)19/h6,8-9,13H,5,7H2,1-4H3,(H2,18,19). The molecule has 4 nitrogen and oxygen atoms in total. The third kappa shape index (κ3) is 2.28. The number of benzene rings is 1. The van der Waals surface area contributed by atoms with Crippen molar-refractivity contribution >= 4 is 18.5 Å². The van der Waals surface area contributed by atoms with Crippen molar-refractivity contribution in [3.63, 3.8) is 0 Å². The number of hydrogen-bond donors (Lipinski definition) is 1. The van der Waals surface area contributed by atoms with E-state index in [0.29, 0.717) is 0 Å². The molecule has 1 unspecified atom stereocenters. The van der Waals surface area contributed by atoms with Crippen LogP contribution in [0.4, 0.5) is 0 Å². The summed E-state index contributed by atoms with van der Waals surface area (Å²) in [6.07, 6.45) is 1.69. The molecule has 2 aliphatic rings. The quantitative estimate of drug-likeness (QED) is 0.838. The predicted octanol–water partition coefficient (Wildman–Crippen LogP) is 1.50. The van der Waals surface area contributed by atoms with Crippen molar-refractivity contribution in [1.82, 2.24) is 0 Å². The van der Waals surface area contributed by atoms with Gasteiger partial charge < -0.3 is 15.0 Å². The molecule has 0 bridgehead atoms.